The molecule has 0 aliphatic heterocycles. The van der Waals surface area contributed by atoms with Crippen LogP contribution in [0.15, 0.2) is 18.5 Å². The van der Waals surface area contributed by atoms with Gasteiger partial charge in [-0.15, -0.1) is 0 Å². The zero-order chi connectivity index (χ0) is 10.6. The van der Waals surface area contributed by atoms with E-state index in [2.05, 4.69) is 52.8 Å². The molecule has 1 aromatic rings. The molecule has 0 fully saturated rings. The van der Waals surface area contributed by atoms with Crippen molar-refractivity contribution in [1.82, 2.24) is 4.98 Å². The first-order chi connectivity index (χ1) is 6.61. The maximum absolute atomic E-state index is 4.09. The number of hydrogen-bond donors (Lipinski definition) is 0. The first-order valence-corrected chi connectivity index (χ1v) is 5.78. The molecule has 1 atom stereocenters. The van der Waals surface area contributed by atoms with E-state index >= 15 is 0 Å². The van der Waals surface area contributed by atoms with Gasteiger partial charge in [-0.2, -0.15) is 0 Å². The number of nitrogens with zero attached hydrogens (tertiary/aromatic N) is 2. The summed E-state index contributed by atoms with van der Waals surface area (Å²) in [4.78, 5) is 6.94. The molecule has 0 saturated carbocycles. The smallest absolute Gasteiger partial charge is 0.0424 e. The fourth-order valence-corrected chi connectivity index (χ4v) is 1.59. The van der Waals surface area contributed by atoms with Gasteiger partial charge in [-0.1, -0.05) is 22.9 Å². The molecule has 78 valence electrons. The number of pyridine rings is 1. The third kappa shape index (κ3) is 3.29. The molecule has 0 spiro atoms. The van der Waals surface area contributed by atoms with Crippen molar-refractivity contribution in [2.45, 2.75) is 25.1 Å². The Hall–Kier alpha value is -0.570. The molecule has 0 saturated heterocycles. The second-order valence-corrected chi connectivity index (χ2v) is 5.22. The van der Waals surface area contributed by atoms with Crippen LogP contribution in [-0.2, 0) is 0 Å². The third-order valence-corrected chi connectivity index (χ3v) is 2.72. The molecular formula is C11H17BrN2. The van der Waals surface area contributed by atoms with E-state index in [1.807, 2.05) is 12.4 Å². The summed E-state index contributed by atoms with van der Waals surface area (Å²) in [5.41, 5.74) is 2.50. The van der Waals surface area contributed by atoms with Gasteiger partial charge in [-0.3, -0.25) is 4.98 Å². The second-order valence-electron chi connectivity index (χ2n) is 3.65. The van der Waals surface area contributed by atoms with Crippen molar-refractivity contribution in [1.29, 1.82) is 0 Å². The molecule has 0 aliphatic rings. The Labute approximate surface area is 94.5 Å². The Morgan fingerprint density at radius 1 is 1.57 bits per heavy atom. The number of alkyl halides is 1. The molecule has 3 heteroatoms. The SMILES string of the molecule is Cc1cnccc1N(C)CCC(C)Br. The maximum atomic E-state index is 4.09. The first kappa shape index (κ1) is 11.5. The van der Waals surface area contributed by atoms with E-state index in [9.17, 15) is 0 Å². The average molecular weight is 257 g/mol. The largest absolute Gasteiger partial charge is 0.374 e. The molecule has 14 heavy (non-hydrogen) atoms. The van der Waals surface area contributed by atoms with Crippen molar-refractivity contribution in [3.05, 3.63) is 24.0 Å². The first-order valence-electron chi connectivity index (χ1n) is 4.87. The highest BCUT2D eigenvalue weighted by Gasteiger charge is 2.04. The molecular weight excluding hydrogens is 240 g/mol. The zero-order valence-corrected chi connectivity index (χ0v) is 10.6. The van der Waals surface area contributed by atoms with Crippen molar-refractivity contribution in [3.8, 4) is 0 Å². The Kier molecular flexibility index (Phi) is 4.39. The van der Waals surface area contributed by atoms with Crippen LogP contribution >= 0.6 is 15.9 Å². The number of rotatable bonds is 4. The van der Waals surface area contributed by atoms with Gasteiger partial charge in [0.15, 0.2) is 0 Å². The van der Waals surface area contributed by atoms with Crippen LogP contribution in [0.4, 0.5) is 5.69 Å². The lowest BCUT2D eigenvalue weighted by Crippen LogP contribution is -2.21. The van der Waals surface area contributed by atoms with Crippen molar-refractivity contribution in [2.24, 2.45) is 0 Å². The number of aryl methyl sites for hydroxylation is 1. The van der Waals surface area contributed by atoms with Crippen LogP contribution in [0.2, 0.25) is 0 Å². The van der Waals surface area contributed by atoms with Crippen LogP contribution in [-0.4, -0.2) is 23.4 Å². The normalized spacial score (nSPS) is 12.6. The summed E-state index contributed by atoms with van der Waals surface area (Å²) in [6, 6.07) is 2.06. The minimum absolute atomic E-state index is 0.576. The maximum Gasteiger partial charge on any atom is 0.0424 e. The summed E-state index contributed by atoms with van der Waals surface area (Å²) in [6.07, 6.45) is 4.90. The molecule has 0 radical (unpaired) electrons. The van der Waals surface area contributed by atoms with Crippen LogP contribution in [0.1, 0.15) is 18.9 Å². The quantitative estimate of drug-likeness (QED) is 0.771. The highest BCUT2D eigenvalue weighted by atomic mass is 79.9. The standard InChI is InChI=1S/C11H17BrN2/c1-9-8-13-6-4-11(9)14(3)7-5-10(2)12/h4,6,8,10H,5,7H2,1-3H3. The van der Waals surface area contributed by atoms with Crippen molar-refractivity contribution < 1.29 is 0 Å². The molecule has 0 bridgehead atoms. The number of hydrogen-bond acceptors (Lipinski definition) is 2. The van der Waals surface area contributed by atoms with Crippen LogP contribution in [0.3, 0.4) is 0 Å². The summed E-state index contributed by atoms with van der Waals surface area (Å²) < 4.78 is 0. The molecule has 2 nitrogen and oxygen atoms in total. The van der Waals surface area contributed by atoms with E-state index < -0.39 is 0 Å². The molecule has 1 unspecified atom stereocenters. The fourth-order valence-electron chi connectivity index (χ4n) is 1.39. The summed E-state index contributed by atoms with van der Waals surface area (Å²) in [6.45, 7) is 5.33. The fraction of sp³-hybridized carbons (Fsp3) is 0.545. The Morgan fingerprint density at radius 3 is 2.86 bits per heavy atom. The summed E-state index contributed by atoms with van der Waals surface area (Å²) in [7, 11) is 2.12. The highest BCUT2D eigenvalue weighted by molar-refractivity contribution is 9.09. The van der Waals surface area contributed by atoms with Gasteiger partial charge in [0.25, 0.3) is 0 Å². The Balaban J connectivity index is 2.60. The summed E-state index contributed by atoms with van der Waals surface area (Å²) >= 11 is 3.55. The predicted molar refractivity (Wildman–Crippen MR) is 65.3 cm³/mol. The average Bonchev–Trinajstić information content (AvgIpc) is 2.15. The van der Waals surface area contributed by atoms with E-state index in [0.717, 1.165) is 13.0 Å². The van der Waals surface area contributed by atoms with Gasteiger partial charge >= 0.3 is 0 Å². The van der Waals surface area contributed by atoms with Gasteiger partial charge in [-0.05, 0) is 25.0 Å². The van der Waals surface area contributed by atoms with E-state index in [0.29, 0.717) is 4.83 Å². The number of aromatic nitrogens is 1. The summed E-state index contributed by atoms with van der Waals surface area (Å²) in [5, 5.41) is 0. The predicted octanol–water partition coefficient (Wildman–Crippen LogP) is 3.00. The van der Waals surface area contributed by atoms with Gasteiger partial charge in [0, 0.05) is 36.5 Å². The van der Waals surface area contributed by atoms with Gasteiger partial charge in [-0.25, -0.2) is 0 Å². The van der Waals surface area contributed by atoms with Crippen LogP contribution in [0, 0.1) is 6.92 Å². The number of anilines is 1. The molecule has 0 amide bonds. The van der Waals surface area contributed by atoms with E-state index in [-0.39, 0.29) is 0 Å². The van der Waals surface area contributed by atoms with Gasteiger partial charge in [0.05, 0.1) is 0 Å². The zero-order valence-electron chi connectivity index (χ0n) is 9.00. The van der Waals surface area contributed by atoms with Gasteiger partial charge in [0.1, 0.15) is 0 Å². The van der Waals surface area contributed by atoms with E-state index in [4.69, 9.17) is 0 Å². The van der Waals surface area contributed by atoms with Gasteiger partial charge in [0.2, 0.25) is 0 Å². The van der Waals surface area contributed by atoms with Crippen molar-refractivity contribution in [2.75, 3.05) is 18.5 Å². The lowest BCUT2D eigenvalue weighted by Gasteiger charge is -2.21. The molecule has 0 aromatic carbocycles. The van der Waals surface area contributed by atoms with Crippen molar-refractivity contribution in [3.63, 3.8) is 0 Å². The van der Waals surface area contributed by atoms with E-state index in [1.165, 1.54) is 11.3 Å². The highest BCUT2D eigenvalue weighted by Crippen LogP contribution is 2.17. The minimum atomic E-state index is 0.576. The lowest BCUT2D eigenvalue weighted by molar-refractivity contribution is 0.785. The molecule has 0 N–H and O–H groups in total. The third-order valence-electron chi connectivity index (χ3n) is 2.26. The molecule has 1 rings (SSSR count). The lowest BCUT2D eigenvalue weighted by atomic mass is 10.2. The van der Waals surface area contributed by atoms with Crippen molar-refractivity contribution >= 4 is 21.6 Å². The van der Waals surface area contributed by atoms with Gasteiger partial charge < -0.3 is 4.90 Å². The number of halogens is 1. The Morgan fingerprint density at radius 2 is 2.29 bits per heavy atom. The minimum Gasteiger partial charge on any atom is -0.374 e. The van der Waals surface area contributed by atoms with Crippen LogP contribution < -0.4 is 4.90 Å². The molecule has 1 aromatic heterocycles. The van der Waals surface area contributed by atoms with E-state index in [1.54, 1.807) is 0 Å². The second kappa shape index (κ2) is 5.35. The summed E-state index contributed by atoms with van der Waals surface area (Å²) in [5.74, 6) is 0. The molecule has 1 heterocycles. The Bertz CT molecular complexity index is 286. The van der Waals surface area contributed by atoms with Crippen LogP contribution in [0.25, 0.3) is 0 Å². The topological polar surface area (TPSA) is 16.1 Å². The monoisotopic (exact) mass is 256 g/mol. The van der Waals surface area contributed by atoms with Crippen LogP contribution in [0.5, 0.6) is 0 Å². The molecule has 0 aliphatic carbocycles.